The number of rotatable bonds is 7. The zero-order chi connectivity index (χ0) is 11.0. The first kappa shape index (κ1) is 13.4. The lowest BCUT2D eigenvalue weighted by Gasteiger charge is -2.19. The fourth-order valence-electron chi connectivity index (χ4n) is 0.904. The Labute approximate surface area is 87.0 Å². The molecule has 84 valence electrons. The van der Waals surface area contributed by atoms with Crippen molar-refractivity contribution >= 4 is 5.91 Å². The summed E-state index contributed by atoms with van der Waals surface area (Å²) in [6.45, 7) is 6.19. The van der Waals surface area contributed by atoms with Gasteiger partial charge in [-0.15, -0.1) is 0 Å². The van der Waals surface area contributed by atoms with Crippen molar-refractivity contribution in [3.05, 3.63) is 0 Å². The van der Waals surface area contributed by atoms with Gasteiger partial charge in [-0.25, -0.2) is 0 Å². The monoisotopic (exact) mass is 201 g/mol. The standard InChI is InChI=1S/C10H23N3O/c1-5-6-12-10(14)8-11-7-9(2)13(3)4/h9,11H,5-8H2,1-4H3,(H,12,14). The van der Waals surface area contributed by atoms with Gasteiger partial charge >= 0.3 is 0 Å². The van der Waals surface area contributed by atoms with E-state index in [0.29, 0.717) is 12.6 Å². The first-order valence-electron chi connectivity index (χ1n) is 5.21. The zero-order valence-corrected chi connectivity index (χ0v) is 9.76. The van der Waals surface area contributed by atoms with Gasteiger partial charge in [0.15, 0.2) is 0 Å². The molecular weight excluding hydrogens is 178 g/mol. The number of carbonyl (C=O) groups is 1. The fraction of sp³-hybridized carbons (Fsp3) is 0.900. The van der Waals surface area contributed by atoms with Gasteiger partial charge in [0.1, 0.15) is 0 Å². The van der Waals surface area contributed by atoms with Crippen molar-refractivity contribution < 1.29 is 4.79 Å². The topological polar surface area (TPSA) is 44.4 Å². The first-order chi connectivity index (χ1) is 6.57. The lowest BCUT2D eigenvalue weighted by molar-refractivity contribution is -0.120. The van der Waals surface area contributed by atoms with Crippen molar-refractivity contribution in [2.45, 2.75) is 26.3 Å². The van der Waals surface area contributed by atoms with E-state index in [0.717, 1.165) is 19.5 Å². The SMILES string of the molecule is CCCNC(=O)CNCC(C)N(C)C. The highest BCUT2D eigenvalue weighted by molar-refractivity contribution is 5.77. The van der Waals surface area contributed by atoms with Crippen LogP contribution in [0, 0.1) is 0 Å². The molecule has 0 aliphatic heterocycles. The lowest BCUT2D eigenvalue weighted by atomic mass is 10.3. The number of carbonyl (C=O) groups excluding carboxylic acids is 1. The van der Waals surface area contributed by atoms with Crippen molar-refractivity contribution in [2.24, 2.45) is 0 Å². The predicted molar refractivity (Wildman–Crippen MR) is 59.3 cm³/mol. The highest BCUT2D eigenvalue weighted by atomic mass is 16.1. The van der Waals surface area contributed by atoms with E-state index in [1.165, 1.54) is 0 Å². The summed E-state index contributed by atoms with van der Waals surface area (Å²) in [5.74, 6) is 0.0813. The highest BCUT2D eigenvalue weighted by Crippen LogP contribution is 1.87. The van der Waals surface area contributed by atoms with Gasteiger partial charge in [0, 0.05) is 19.1 Å². The third-order valence-electron chi connectivity index (χ3n) is 2.18. The number of likely N-dealkylation sites (N-methyl/N-ethyl adjacent to an activating group) is 1. The van der Waals surface area contributed by atoms with E-state index in [4.69, 9.17) is 0 Å². The van der Waals surface area contributed by atoms with E-state index < -0.39 is 0 Å². The molecule has 14 heavy (non-hydrogen) atoms. The molecule has 0 saturated heterocycles. The highest BCUT2D eigenvalue weighted by Gasteiger charge is 2.04. The fourth-order valence-corrected chi connectivity index (χ4v) is 0.904. The molecule has 2 N–H and O–H groups in total. The maximum absolute atomic E-state index is 11.2. The van der Waals surface area contributed by atoms with E-state index >= 15 is 0 Å². The van der Waals surface area contributed by atoms with Crippen LogP contribution in [0.4, 0.5) is 0 Å². The molecule has 0 rings (SSSR count). The minimum absolute atomic E-state index is 0.0813. The van der Waals surface area contributed by atoms with Crippen LogP contribution in [0.5, 0.6) is 0 Å². The molecule has 4 nitrogen and oxygen atoms in total. The van der Waals surface area contributed by atoms with Crippen LogP contribution in [0.1, 0.15) is 20.3 Å². The summed E-state index contributed by atoms with van der Waals surface area (Å²) in [7, 11) is 4.06. The van der Waals surface area contributed by atoms with Crippen LogP contribution >= 0.6 is 0 Å². The number of nitrogens with zero attached hydrogens (tertiary/aromatic N) is 1. The molecule has 1 amide bonds. The minimum atomic E-state index is 0.0813. The number of hydrogen-bond donors (Lipinski definition) is 2. The molecule has 0 aromatic heterocycles. The molecule has 0 aliphatic carbocycles. The van der Waals surface area contributed by atoms with Crippen LogP contribution < -0.4 is 10.6 Å². The number of hydrogen-bond acceptors (Lipinski definition) is 3. The van der Waals surface area contributed by atoms with E-state index in [9.17, 15) is 4.79 Å². The molecule has 0 bridgehead atoms. The number of nitrogens with one attached hydrogen (secondary N) is 2. The van der Waals surface area contributed by atoms with Crippen molar-refractivity contribution in [1.29, 1.82) is 0 Å². The molecule has 0 aromatic rings. The Morgan fingerprint density at radius 1 is 1.43 bits per heavy atom. The minimum Gasteiger partial charge on any atom is -0.355 e. The average molecular weight is 201 g/mol. The molecule has 0 fully saturated rings. The Bertz CT molecular complexity index is 159. The third kappa shape index (κ3) is 6.86. The van der Waals surface area contributed by atoms with Gasteiger partial charge in [-0.1, -0.05) is 6.92 Å². The smallest absolute Gasteiger partial charge is 0.233 e. The quantitative estimate of drug-likeness (QED) is 0.612. The van der Waals surface area contributed by atoms with Gasteiger partial charge in [0.25, 0.3) is 0 Å². The summed E-state index contributed by atoms with van der Waals surface area (Å²) < 4.78 is 0. The van der Waals surface area contributed by atoms with Gasteiger partial charge in [-0.3, -0.25) is 4.79 Å². The van der Waals surface area contributed by atoms with Crippen LogP contribution in [0.3, 0.4) is 0 Å². The maximum Gasteiger partial charge on any atom is 0.233 e. The van der Waals surface area contributed by atoms with Crippen LogP contribution in [-0.2, 0) is 4.79 Å². The van der Waals surface area contributed by atoms with Gasteiger partial charge in [0.05, 0.1) is 6.54 Å². The van der Waals surface area contributed by atoms with Gasteiger partial charge < -0.3 is 15.5 Å². The molecule has 4 heteroatoms. The Hall–Kier alpha value is -0.610. The average Bonchev–Trinajstić information content (AvgIpc) is 2.14. The molecule has 0 heterocycles. The van der Waals surface area contributed by atoms with Crippen LogP contribution in [-0.4, -0.2) is 50.6 Å². The second-order valence-electron chi connectivity index (χ2n) is 3.79. The van der Waals surface area contributed by atoms with Gasteiger partial charge in [-0.2, -0.15) is 0 Å². The predicted octanol–water partition coefficient (Wildman–Crippen LogP) is 0.0523. The van der Waals surface area contributed by atoms with Gasteiger partial charge in [0.2, 0.25) is 5.91 Å². The normalized spacial score (nSPS) is 12.9. The summed E-state index contributed by atoms with van der Waals surface area (Å²) in [6.07, 6.45) is 0.986. The van der Waals surface area contributed by atoms with Crippen molar-refractivity contribution in [1.82, 2.24) is 15.5 Å². The lowest BCUT2D eigenvalue weighted by Crippen LogP contribution is -2.40. The summed E-state index contributed by atoms with van der Waals surface area (Å²) in [4.78, 5) is 13.3. The molecule has 0 spiro atoms. The Kier molecular flexibility index (Phi) is 7.42. The third-order valence-corrected chi connectivity index (χ3v) is 2.18. The van der Waals surface area contributed by atoms with E-state index in [2.05, 4.69) is 22.5 Å². The van der Waals surface area contributed by atoms with E-state index in [-0.39, 0.29) is 5.91 Å². The molecule has 0 aromatic carbocycles. The molecule has 1 unspecified atom stereocenters. The van der Waals surface area contributed by atoms with Crippen LogP contribution in [0.25, 0.3) is 0 Å². The molecule has 0 saturated carbocycles. The second kappa shape index (κ2) is 7.76. The van der Waals surface area contributed by atoms with Crippen molar-refractivity contribution in [3.63, 3.8) is 0 Å². The number of amides is 1. The van der Waals surface area contributed by atoms with E-state index in [1.54, 1.807) is 0 Å². The molecular formula is C10H23N3O. The molecule has 0 aliphatic rings. The van der Waals surface area contributed by atoms with Crippen molar-refractivity contribution in [3.8, 4) is 0 Å². The molecule has 1 atom stereocenters. The van der Waals surface area contributed by atoms with Crippen LogP contribution in [0.2, 0.25) is 0 Å². The van der Waals surface area contributed by atoms with E-state index in [1.807, 2.05) is 21.0 Å². The maximum atomic E-state index is 11.2. The second-order valence-corrected chi connectivity index (χ2v) is 3.79. The summed E-state index contributed by atoms with van der Waals surface area (Å²) in [6, 6.07) is 0.453. The largest absolute Gasteiger partial charge is 0.355 e. The van der Waals surface area contributed by atoms with Gasteiger partial charge in [-0.05, 0) is 27.4 Å². The van der Waals surface area contributed by atoms with Crippen LogP contribution in [0.15, 0.2) is 0 Å². The Morgan fingerprint density at radius 3 is 2.57 bits per heavy atom. The Morgan fingerprint density at radius 2 is 2.07 bits per heavy atom. The zero-order valence-electron chi connectivity index (χ0n) is 9.76. The summed E-state index contributed by atoms with van der Waals surface area (Å²) in [5, 5.41) is 5.94. The summed E-state index contributed by atoms with van der Waals surface area (Å²) in [5.41, 5.74) is 0. The first-order valence-corrected chi connectivity index (χ1v) is 5.21. The Balaban J connectivity index is 3.39. The van der Waals surface area contributed by atoms with Crippen molar-refractivity contribution in [2.75, 3.05) is 33.7 Å². The molecule has 0 radical (unpaired) electrons. The summed E-state index contributed by atoms with van der Waals surface area (Å²) >= 11 is 0.